The number of aromatic nitrogens is 1. The molecular formula is C16H19BrN2O3. The van der Waals surface area contributed by atoms with Crippen LogP contribution in [0.2, 0.25) is 0 Å². The van der Waals surface area contributed by atoms with Crippen LogP contribution in [0.3, 0.4) is 0 Å². The molecule has 0 bridgehead atoms. The average Bonchev–Trinajstić information content (AvgIpc) is 2.53. The quantitative estimate of drug-likeness (QED) is 0.483. The Morgan fingerprint density at radius 2 is 1.68 bits per heavy atom. The fourth-order valence-electron chi connectivity index (χ4n) is 2.06. The zero-order chi connectivity index (χ0) is 15.1. The van der Waals surface area contributed by atoms with Crippen molar-refractivity contribution in [1.82, 2.24) is 5.32 Å². The van der Waals surface area contributed by atoms with Gasteiger partial charge in [0.2, 0.25) is 6.54 Å². The third-order valence-electron chi connectivity index (χ3n) is 3.17. The molecule has 1 amide bonds. The van der Waals surface area contributed by atoms with Gasteiger partial charge in [-0.05, 0) is 5.56 Å². The van der Waals surface area contributed by atoms with Crippen molar-refractivity contribution in [3.05, 3.63) is 66.5 Å². The minimum atomic E-state index is -0.944. The number of amides is 1. The number of nitrogens with zero attached hydrogens (tertiary/aromatic N) is 1. The van der Waals surface area contributed by atoms with E-state index in [2.05, 4.69) is 5.32 Å². The van der Waals surface area contributed by atoms with E-state index in [9.17, 15) is 15.0 Å². The molecule has 3 N–H and O–H groups in total. The lowest BCUT2D eigenvalue weighted by molar-refractivity contribution is -0.684. The van der Waals surface area contributed by atoms with E-state index in [4.69, 9.17) is 0 Å². The molecule has 118 valence electrons. The molecule has 2 rings (SSSR count). The van der Waals surface area contributed by atoms with Crippen molar-refractivity contribution in [3.63, 3.8) is 0 Å². The molecule has 6 heteroatoms. The van der Waals surface area contributed by atoms with Gasteiger partial charge in [0.15, 0.2) is 12.4 Å². The summed E-state index contributed by atoms with van der Waals surface area (Å²) in [5.74, 6) is -0.264. The molecule has 2 atom stereocenters. The van der Waals surface area contributed by atoms with Crippen molar-refractivity contribution in [2.24, 2.45) is 0 Å². The Balaban J connectivity index is 0.00000242. The number of rotatable bonds is 6. The summed E-state index contributed by atoms with van der Waals surface area (Å²) in [5.41, 5.74) is 0.657. The van der Waals surface area contributed by atoms with Gasteiger partial charge in [0.25, 0.3) is 5.91 Å². The fraction of sp³-hybridized carbons (Fsp3) is 0.250. The van der Waals surface area contributed by atoms with Crippen LogP contribution in [0.15, 0.2) is 60.9 Å². The lowest BCUT2D eigenvalue weighted by atomic mass is 10.0. The van der Waals surface area contributed by atoms with Crippen LogP contribution in [0.5, 0.6) is 0 Å². The fourth-order valence-corrected chi connectivity index (χ4v) is 2.06. The van der Waals surface area contributed by atoms with Crippen LogP contribution in [-0.2, 0) is 11.3 Å². The number of nitrogens with one attached hydrogen (secondary N) is 1. The average molecular weight is 367 g/mol. The second-order valence-corrected chi connectivity index (χ2v) is 4.76. The first-order chi connectivity index (χ1) is 10.2. The Kier molecular flexibility index (Phi) is 7.73. The minimum Gasteiger partial charge on any atom is -1.00 e. The molecule has 1 heterocycles. The summed E-state index contributed by atoms with van der Waals surface area (Å²) in [6.45, 7) is -0.194. The first-order valence-electron chi connectivity index (χ1n) is 6.78. The molecule has 0 aliphatic carbocycles. The number of hydrogen-bond donors (Lipinski definition) is 3. The molecule has 0 aliphatic rings. The Labute approximate surface area is 140 Å². The van der Waals surface area contributed by atoms with Crippen molar-refractivity contribution < 1.29 is 36.6 Å². The topological polar surface area (TPSA) is 73.4 Å². The Hall–Kier alpha value is -1.76. The molecule has 5 nitrogen and oxygen atoms in total. The summed E-state index contributed by atoms with van der Waals surface area (Å²) < 4.78 is 1.72. The van der Waals surface area contributed by atoms with E-state index in [1.165, 1.54) is 0 Å². The highest BCUT2D eigenvalue weighted by atomic mass is 79.9. The molecule has 0 saturated carbocycles. The van der Waals surface area contributed by atoms with Crippen molar-refractivity contribution in [2.75, 3.05) is 6.61 Å². The van der Waals surface area contributed by atoms with Crippen LogP contribution in [0, 0.1) is 0 Å². The summed E-state index contributed by atoms with van der Waals surface area (Å²) in [5, 5.41) is 22.3. The minimum absolute atomic E-state index is 0. The molecule has 0 unspecified atom stereocenters. The van der Waals surface area contributed by atoms with Gasteiger partial charge in [-0.25, -0.2) is 0 Å². The number of benzene rings is 1. The first kappa shape index (κ1) is 18.3. The highest BCUT2D eigenvalue weighted by Crippen LogP contribution is 2.15. The normalized spacial score (nSPS) is 12.8. The Bertz CT molecular complexity index is 566. The van der Waals surface area contributed by atoms with Crippen molar-refractivity contribution >= 4 is 5.91 Å². The van der Waals surface area contributed by atoms with E-state index in [-0.39, 0.29) is 36.0 Å². The third kappa shape index (κ3) is 5.22. The van der Waals surface area contributed by atoms with Crippen LogP contribution in [-0.4, -0.2) is 28.8 Å². The van der Waals surface area contributed by atoms with Crippen LogP contribution >= 0.6 is 0 Å². The van der Waals surface area contributed by atoms with E-state index >= 15 is 0 Å². The molecule has 1 aromatic carbocycles. The number of aliphatic hydroxyl groups is 2. The molecule has 0 spiro atoms. The molecule has 1 aromatic heterocycles. The van der Waals surface area contributed by atoms with Gasteiger partial charge in [0, 0.05) is 12.1 Å². The highest BCUT2D eigenvalue weighted by molar-refractivity contribution is 5.74. The predicted octanol–water partition coefficient (Wildman–Crippen LogP) is -2.81. The van der Waals surface area contributed by atoms with Crippen molar-refractivity contribution in [3.8, 4) is 0 Å². The second kappa shape index (κ2) is 9.30. The highest BCUT2D eigenvalue weighted by Gasteiger charge is 2.23. The summed E-state index contributed by atoms with van der Waals surface area (Å²) in [7, 11) is 0. The summed E-state index contributed by atoms with van der Waals surface area (Å²) in [4.78, 5) is 12.0. The van der Waals surface area contributed by atoms with E-state index in [1.54, 1.807) is 41.2 Å². The lowest BCUT2D eigenvalue weighted by Gasteiger charge is -2.22. The number of pyridine rings is 1. The van der Waals surface area contributed by atoms with Gasteiger partial charge in [0.1, 0.15) is 6.10 Å². The van der Waals surface area contributed by atoms with Gasteiger partial charge < -0.3 is 32.5 Å². The zero-order valence-electron chi connectivity index (χ0n) is 12.0. The standard InChI is InChI=1S/C16H18N2O3.BrH/c19-12-14(16(21)13-7-3-1-4-8-13)17-15(20)11-18-9-5-2-6-10-18;/h1-10,14,16,19,21H,11-12H2;1H/t14-,16-;/m0./s1. The molecule has 0 radical (unpaired) electrons. The third-order valence-corrected chi connectivity index (χ3v) is 3.17. The number of aliphatic hydroxyl groups excluding tert-OH is 2. The maximum atomic E-state index is 12.0. The predicted molar refractivity (Wildman–Crippen MR) is 77.1 cm³/mol. The monoisotopic (exact) mass is 366 g/mol. The van der Waals surface area contributed by atoms with E-state index in [1.807, 2.05) is 24.3 Å². The van der Waals surface area contributed by atoms with Crippen LogP contribution in [0.4, 0.5) is 0 Å². The molecule has 0 fully saturated rings. The van der Waals surface area contributed by atoms with Crippen molar-refractivity contribution in [1.29, 1.82) is 0 Å². The van der Waals surface area contributed by atoms with E-state index in [0.29, 0.717) is 5.56 Å². The first-order valence-corrected chi connectivity index (χ1v) is 6.78. The maximum absolute atomic E-state index is 12.0. The van der Waals surface area contributed by atoms with Crippen molar-refractivity contribution in [2.45, 2.75) is 18.7 Å². The van der Waals surface area contributed by atoms with Crippen LogP contribution < -0.4 is 26.9 Å². The Morgan fingerprint density at radius 3 is 2.27 bits per heavy atom. The maximum Gasteiger partial charge on any atom is 0.286 e. The molecule has 2 aromatic rings. The summed E-state index contributed by atoms with van der Waals surface area (Å²) >= 11 is 0. The lowest BCUT2D eigenvalue weighted by Crippen LogP contribution is -3.00. The summed E-state index contributed by atoms with van der Waals surface area (Å²) in [6.07, 6.45) is 2.61. The number of carbonyl (C=O) groups is 1. The Morgan fingerprint density at radius 1 is 1.09 bits per heavy atom. The van der Waals surface area contributed by atoms with Crippen LogP contribution in [0.25, 0.3) is 0 Å². The van der Waals surface area contributed by atoms with Gasteiger partial charge in [-0.2, -0.15) is 4.57 Å². The van der Waals surface area contributed by atoms with E-state index in [0.717, 1.165) is 0 Å². The molecule has 22 heavy (non-hydrogen) atoms. The SMILES string of the molecule is O=C(C[n+]1ccccc1)N[C@@H](CO)[C@@H](O)c1ccccc1.[Br-]. The van der Waals surface area contributed by atoms with Gasteiger partial charge in [-0.1, -0.05) is 36.4 Å². The summed E-state index contributed by atoms with van der Waals surface area (Å²) in [6, 6.07) is 13.7. The van der Waals surface area contributed by atoms with Crippen LogP contribution in [0.1, 0.15) is 11.7 Å². The second-order valence-electron chi connectivity index (χ2n) is 4.76. The smallest absolute Gasteiger partial charge is 0.286 e. The van der Waals surface area contributed by atoms with E-state index < -0.39 is 12.1 Å². The molecule has 0 saturated heterocycles. The number of carbonyl (C=O) groups excluding carboxylic acids is 1. The van der Waals surface area contributed by atoms with Gasteiger partial charge in [-0.15, -0.1) is 0 Å². The largest absolute Gasteiger partial charge is 1.00 e. The number of halogens is 1. The van der Waals surface area contributed by atoms with Gasteiger partial charge in [0.05, 0.1) is 12.6 Å². The van der Waals surface area contributed by atoms with Gasteiger partial charge in [-0.3, -0.25) is 4.79 Å². The number of hydrogen-bond acceptors (Lipinski definition) is 3. The molecule has 0 aliphatic heterocycles. The molecular weight excluding hydrogens is 348 g/mol. The van der Waals surface area contributed by atoms with Gasteiger partial charge >= 0.3 is 0 Å². The zero-order valence-corrected chi connectivity index (χ0v) is 13.6.